The first-order valence-corrected chi connectivity index (χ1v) is 7.47. The minimum absolute atomic E-state index is 0.179. The third kappa shape index (κ3) is 4.11. The van der Waals surface area contributed by atoms with Gasteiger partial charge in [-0.05, 0) is 28.3 Å². The van der Waals surface area contributed by atoms with Crippen molar-refractivity contribution in [1.29, 1.82) is 0 Å². The van der Waals surface area contributed by atoms with Gasteiger partial charge >= 0.3 is 0 Å². The van der Waals surface area contributed by atoms with Crippen molar-refractivity contribution in [3.63, 3.8) is 0 Å². The van der Waals surface area contributed by atoms with E-state index in [0.29, 0.717) is 0 Å². The predicted molar refractivity (Wildman–Crippen MR) is 84.1 cm³/mol. The monoisotopic (exact) mass is 287 g/mol. The maximum Gasteiger partial charge on any atom is 0.176 e. The highest BCUT2D eigenvalue weighted by Crippen LogP contribution is 2.24. The van der Waals surface area contributed by atoms with E-state index in [0.717, 1.165) is 18.8 Å². The first kappa shape index (κ1) is 15.6. The molecule has 0 aliphatic rings. The van der Waals surface area contributed by atoms with Gasteiger partial charge in [0.05, 0.1) is 7.05 Å². The van der Waals surface area contributed by atoms with E-state index in [-0.39, 0.29) is 11.5 Å². The molecule has 0 amide bonds. The summed E-state index contributed by atoms with van der Waals surface area (Å²) in [4.78, 5) is 1.50. The molecule has 0 saturated carbocycles. The van der Waals surface area contributed by atoms with Crippen LogP contribution in [0.3, 0.4) is 0 Å². The Morgan fingerprint density at radius 2 is 1.86 bits per heavy atom. The molecule has 1 aromatic carbocycles. The fourth-order valence-corrected chi connectivity index (χ4v) is 2.36. The smallest absolute Gasteiger partial charge is 0.176 e. The highest BCUT2D eigenvalue weighted by molar-refractivity contribution is 5.29. The Morgan fingerprint density at radius 3 is 2.33 bits per heavy atom. The zero-order chi connectivity index (χ0) is 15.5. The summed E-state index contributed by atoms with van der Waals surface area (Å²) in [6.45, 7) is 9.71. The molecule has 1 aromatic heterocycles. The van der Waals surface area contributed by atoms with E-state index in [1.165, 1.54) is 15.9 Å². The molecule has 21 heavy (non-hydrogen) atoms. The van der Waals surface area contributed by atoms with Gasteiger partial charge in [-0.2, -0.15) is 4.80 Å². The molecule has 0 radical (unpaired) electrons. The number of hydrogen-bond acceptors (Lipinski definition) is 4. The molecule has 1 atom stereocenters. The molecule has 1 unspecified atom stereocenters. The first-order valence-electron chi connectivity index (χ1n) is 7.47. The van der Waals surface area contributed by atoms with E-state index in [2.05, 4.69) is 72.7 Å². The SMILES string of the molecule is CCNC(Cc1nnn(C)n1)c1ccc(C(C)(C)C)cc1. The maximum atomic E-state index is 4.27. The van der Waals surface area contributed by atoms with Gasteiger partial charge in [0.1, 0.15) is 0 Å². The van der Waals surface area contributed by atoms with Crippen molar-refractivity contribution >= 4 is 0 Å². The van der Waals surface area contributed by atoms with Crippen molar-refractivity contribution in [3.8, 4) is 0 Å². The number of nitrogens with zero attached hydrogens (tertiary/aromatic N) is 4. The summed E-state index contributed by atoms with van der Waals surface area (Å²) < 4.78 is 0. The topological polar surface area (TPSA) is 55.6 Å². The molecule has 0 bridgehead atoms. The molecule has 2 rings (SSSR count). The molecule has 0 saturated heterocycles. The molecule has 5 heteroatoms. The normalized spacial score (nSPS) is 13.4. The van der Waals surface area contributed by atoms with Crippen molar-refractivity contribution in [3.05, 3.63) is 41.2 Å². The number of rotatable bonds is 5. The van der Waals surface area contributed by atoms with E-state index in [1.54, 1.807) is 7.05 Å². The fourth-order valence-electron chi connectivity index (χ4n) is 2.36. The third-order valence-electron chi connectivity index (χ3n) is 3.57. The second-order valence-electron chi connectivity index (χ2n) is 6.38. The molecular formula is C16H25N5. The van der Waals surface area contributed by atoms with Crippen LogP contribution in [0, 0.1) is 0 Å². The van der Waals surface area contributed by atoms with Crippen LogP contribution in [0.1, 0.15) is 50.7 Å². The van der Waals surface area contributed by atoms with E-state index in [9.17, 15) is 0 Å². The van der Waals surface area contributed by atoms with Gasteiger partial charge in [-0.3, -0.25) is 0 Å². The zero-order valence-corrected chi connectivity index (χ0v) is 13.6. The predicted octanol–water partition coefficient (Wildman–Crippen LogP) is 2.40. The quantitative estimate of drug-likeness (QED) is 0.917. The minimum Gasteiger partial charge on any atom is -0.310 e. The molecule has 2 aromatic rings. The zero-order valence-electron chi connectivity index (χ0n) is 13.6. The van der Waals surface area contributed by atoms with Crippen LogP contribution in [0.15, 0.2) is 24.3 Å². The molecule has 0 aliphatic heterocycles. The van der Waals surface area contributed by atoms with Crippen LogP contribution in [-0.4, -0.2) is 26.8 Å². The van der Waals surface area contributed by atoms with Gasteiger partial charge < -0.3 is 5.32 Å². The molecule has 1 heterocycles. The van der Waals surface area contributed by atoms with E-state index in [4.69, 9.17) is 0 Å². The van der Waals surface area contributed by atoms with Crippen LogP contribution >= 0.6 is 0 Å². The number of likely N-dealkylation sites (N-methyl/N-ethyl adjacent to an activating group) is 1. The van der Waals surface area contributed by atoms with Gasteiger partial charge in [-0.1, -0.05) is 52.0 Å². The van der Waals surface area contributed by atoms with Gasteiger partial charge in [0, 0.05) is 12.5 Å². The second kappa shape index (κ2) is 6.35. The summed E-state index contributed by atoms with van der Waals surface area (Å²) in [6.07, 6.45) is 0.747. The number of benzene rings is 1. The Labute approximate surface area is 126 Å². The van der Waals surface area contributed by atoms with Crippen molar-refractivity contribution < 1.29 is 0 Å². The summed E-state index contributed by atoms with van der Waals surface area (Å²) in [7, 11) is 1.79. The largest absolute Gasteiger partial charge is 0.310 e. The number of aryl methyl sites for hydroxylation is 1. The Kier molecular flexibility index (Phi) is 4.73. The van der Waals surface area contributed by atoms with Crippen LogP contribution in [0.25, 0.3) is 0 Å². The molecule has 0 spiro atoms. The Bertz CT molecular complexity index is 565. The molecule has 5 nitrogen and oxygen atoms in total. The summed E-state index contributed by atoms with van der Waals surface area (Å²) in [5.74, 6) is 0.767. The standard InChI is InChI=1S/C16H25N5/c1-6-17-14(11-15-18-20-21(5)19-15)12-7-9-13(10-8-12)16(2,3)4/h7-10,14,17H,6,11H2,1-5H3. The van der Waals surface area contributed by atoms with E-state index >= 15 is 0 Å². The number of tetrazole rings is 1. The lowest BCUT2D eigenvalue weighted by Crippen LogP contribution is -2.23. The van der Waals surface area contributed by atoms with Gasteiger partial charge in [0.15, 0.2) is 5.82 Å². The summed E-state index contributed by atoms with van der Waals surface area (Å²) in [5.41, 5.74) is 2.79. The van der Waals surface area contributed by atoms with Gasteiger partial charge in [-0.15, -0.1) is 10.2 Å². The molecule has 0 aliphatic carbocycles. The number of hydrogen-bond donors (Lipinski definition) is 1. The van der Waals surface area contributed by atoms with Crippen LogP contribution in [-0.2, 0) is 18.9 Å². The Morgan fingerprint density at radius 1 is 1.19 bits per heavy atom. The highest BCUT2D eigenvalue weighted by Gasteiger charge is 2.17. The fraction of sp³-hybridized carbons (Fsp3) is 0.562. The molecule has 114 valence electrons. The lowest BCUT2D eigenvalue weighted by molar-refractivity contribution is 0.533. The van der Waals surface area contributed by atoms with E-state index < -0.39 is 0 Å². The average molecular weight is 287 g/mol. The summed E-state index contributed by atoms with van der Waals surface area (Å²) in [6, 6.07) is 9.04. The molecule has 0 fully saturated rings. The van der Waals surface area contributed by atoms with Crippen LogP contribution in [0.4, 0.5) is 0 Å². The molecule has 1 N–H and O–H groups in total. The van der Waals surface area contributed by atoms with Gasteiger partial charge in [0.2, 0.25) is 0 Å². The average Bonchev–Trinajstić information content (AvgIpc) is 2.83. The Balaban J connectivity index is 2.17. The highest BCUT2D eigenvalue weighted by atomic mass is 15.6. The first-order chi connectivity index (χ1) is 9.90. The number of nitrogens with one attached hydrogen (secondary N) is 1. The van der Waals surface area contributed by atoms with Crippen molar-refractivity contribution in [2.24, 2.45) is 7.05 Å². The van der Waals surface area contributed by atoms with Crippen molar-refractivity contribution in [1.82, 2.24) is 25.5 Å². The van der Waals surface area contributed by atoms with E-state index in [1.807, 2.05) is 0 Å². The van der Waals surface area contributed by atoms with Crippen LogP contribution < -0.4 is 5.32 Å². The number of aromatic nitrogens is 4. The summed E-state index contributed by atoms with van der Waals surface area (Å²) >= 11 is 0. The van der Waals surface area contributed by atoms with Crippen LogP contribution in [0.2, 0.25) is 0 Å². The Hall–Kier alpha value is -1.75. The van der Waals surface area contributed by atoms with Crippen molar-refractivity contribution in [2.75, 3.05) is 6.54 Å². The van der Waals surface area contributed by atoms with Crippen LogP contribution in [0.5, 0.6) is 0 Å². The van der Waals surface area contributed by atoms with Gasteiger partial charge in [0.25, 0.3) is 0 Å². The van der Waals surface area contributed by atoms with Crippen molar-refractivity contribution in [2.45, 2.75) is 45.6 Å². The minimum atomic E-state index is 0.179. The summed E-state index contributed by atoms with van der Waals surface area (Å²) in [5, 5.41) is 15.7. The second-order valence-corrected chi connectivity index (χ2v) is 6.38. The lowest BCUT2D eigenvalue weighted by Gasteiger charge is -2.21. The lowest BCUT2D eigenvalue weighted by atomic mass is 9.86. The third-order valence-corrected chi connectivity index (χ3v) is 3.57. The van der Waals surface area contributed by atoms with Gasteiger partial charge in [-0.25, -0.2) is 0 Å². The maximum absolute atomic E-state index is 4.27. The molecular weight excluding hydrogens is 262 g/mol.